The maximum atomic E-state index is 13.2. The van der Waals surface area contributed by atoms with E-state index in [0.717, 1.165) is 5.82 Å². The number of rotatable bonds is 5. The number of carbonyl (C=O) groups excluding carboxylic acids is 3. The lowest BCUT2D eigenvalue weighted by Crippen LogP contribution is -2.62. The van der Waals surface area contributed by atoms with Crippen LogP contribution < -0.4 is 15.1 Å². The van der Waals surface area contributed by atoms with Gasteiger partial charge in [-0.15, -0.1) is 0 Å². The van der Waals surface area contributed by atoms with E-state index in [4.69, 9.17) is 0 Å². The quantitative estimate of drug-likeness (QED) is 0.823. The van der Waals surface area contributed by atoms with Crippen molar-refractivity contribution in [2.75, 3.05) is 35.8 Å². The number of pyridine rings is 1. The number of carbonyl (C=O) groups is 3. The number of nitrogens with one attached hydrogen (secondary N) is 1. The fourth-order valence-electron chi connectivity index (χ4n) is 4.20. The maximum Gasteiger partial charge on any atom is 0.257 e. The Labute approximate surface area is 175 Å². The molecule has 0 aliphatic carbocycles. The molecule has 1 N–H and O–H groups in total. The highest BCUT2D eigenvalue weighted by Crippen LogP contribution is 2.43. The van der Waals surface area contributed by atoms with Gasteiger partial charge >= 0.3 is 0 Å². The second-order valence-electron chi connectivity index (χ2n) is 8.02. The van der Waals surface area contributed by atoms with Crippen LogP contribution in [-0.2, 0) is 9.59 Å². The lowest BCUT2D eigenvalue weighted by Gasteiger charge is -2.48. The van der Waals surface area contributed by atoms with Crippen LogP contribution in [0.5, 0.6) is 0 Å². The minimum absolute atomic E-state index is 0.000965. The number of benzene rings is 1. The minimum Gasteiger partial charge on any atom is -0.363 e. The van der Waals surface area contributed by atoms with Gasteiger partial charge < -0.3 is 15.1 Å². The van der Waals surface area contributed by atoms with Crippen LogP contribution >= 0.6 is 0 Å². The Morgan fingerprint density at radius 1 is 1.20 bits per heavy atom. The smallest absolute Gasteiger partial charge is 0.257 e. The number of nitrogens with zero attached hydrogens (tertiary/aromatic N) is 4. The molecule has 2 aromatic rings. The molecule has 2 aliphatic heterocycles. The number of amides is 3. The van der Waals surface area contributed by atoms with E-state index in [9.17, 15) is 14.4 Å². The number of fused-ring (bicyclic) bond motifs is 3. The van der Waals surface area contributed by atoms with Crippen molar-refractivity contribution in [1.82, 2.24) is 9.88 Å². The van der Waals surface area contributed by atoms with Gasteiger partial charge in [-0.1, -0.05) is 12.1 Å². The van der Waals surface area contributed by atoms with E-state index in [0.29, 0.717) is 29.8 Å². The minimum atomic E-state index is -0.752. The second kappa shape index (κ2) is 7.44. The van der Waals surface area contributed by atoms with Crippen LogP contribution in [-0.4, -0.2) is 53.9 Å². The van der Waals surface area contributed by atoms with E-state index < -0.39 is 5.66 Å². The van der Waals surface area contributed by atoms with Gasteiger partial charge in [0.1, 0.15) is 11.5 Å². The molecule has 1 aromatic carbocycles. The zero-order chi connectivity index (χ0) is 21.5. The summed E-state index contributed by atoms with van der Waals surface area (Å²) in [7, 11) is 3.79. The van der Waals surface area contributed by atoms with E-state index in [1.54, 1.807) is 34.2 Å². The lowest BCUT2D eigenvalue weighted by atomic mass is 9.98. The monoisotopic (exact) mass is 407 g/mol. The van der Waals surface area contributed by atoms with E-state index in [1.165, 1.54) is 0 Å². The number of anilines is 3. The zero-order valence-electron chi connectivity index (χ0n) is 17.4. The Hall–Kier alpha value is -3.42. The van der Waals surface area contributed by atoms with Gasteiger partial charge in [0.15, 0.2) is 0 Å². The molecular formula is C22H25N5O3. The van der Waals surface area contributed by atoms with Gasteiger partial charge in [0.05, 0.1) is 23.1 Å². The van der Waals surface area contributed by atoms with Gasteiger partial charge in [0, 0.05) is 33.5 Å². The highest BCUT2D eigenvalue weighted by Gasteiger charge is 2.52. The molecule has 1 unspecified atom stereocenters. The van der Waals surface area contributed by atoms with Crippen molar-refractivity contribution >= 4 is 34.9 Å². The maximum absolute atomic E-state index is 13.2. The molecule has 0 radical (unpaired) electrons. The summed E-state index contributed by atoms with van der Waals surface area (Å²) in [5, 5.41) is 2.82. The zero-order valence-corrected chi connectivity index (χ0v) is 17.4. The van der Waals surface area contributed by atoms with Crippen molar-refractivity contribution < 1.29 is 14.4 Å². The predicted molar refractivity (Wildman–Crippen MR) is 114 cm³/mol. The summed E-state index contributed by atoms with van der Waals surface area (Å²) >= 11 is 0. The fourth-order valence-corrected chi connectivity index (χ4v) is 4.20. The van der Waals surface area contributed by atoms with Crippen molar-refractivity contribution in [1.29, 1.82) is 0 Å². The van der Waals surface area contributed by atoms with Gasteiger partial charge in [-0.25, -0.2) is 4.98 Å². The standard InChI is InChI=1S/C22H25N5O3/c1-22-12-10-20(29)27(22)17-7-5-4-6-16(17)21(30)26(22)13-11-19(28)24-15-8-9-18(23-14-15)25(2)3/h4-9,14H,10-13H2,1-3H3,(H,24,28). The largest absolute Gasteiger partial charge is 0.363 e. The molecule has 0 saturated carbocycles. The number of hydrogen-bond acceptors (Lipinski definition) is 5. The Balaban J connectivity index is 1.49. The van der Waals surface area contributed by atoms with Crippen molar-refractivity contribution in [2.45, 2.75) is 31.8 Å². The Kier molecular flexibility index (Phi) is 4.93. The third-order valence-corrected chi connectivity index (χ3v) is 5.80. The number of para-hydroxylation sites is 1. The molecular weight excluding hydrogens is 382 g/mol. The Morgan fingerprint density at radius 3 is 2.67 bits per heavy atom. The molecule has 1 saturated heterocycles. The number of aromatic nitrogens is 1. The van der Waals surface area contributed by atoms with Gasteiger partial charge in [0.2, 0.25) is 11.8 Å². The van der Waals surface area contributed by atoms with Crippen LogP contribution in [0.15, 0.2) is 42.6 Å². The second-order valence-corrected chi connectivity index (χ2v) is 8.02. The van der Waals surface area contributed by atoms with Gasteiger partial charge in [-0.05, 0) is 37.6 Å². The van der Waals surface area contributed by atoms with Crippen LogP contribution in [0.1, 0.15) is 36.5 Å². The third kappa shape index (κ3) is 3.28. The fraction of sp³-hybridized carbons (Fsp3) is 0.364. The summed E-state index contributed by atoms with van der Waals surface area (Å²) in [4.78, 5) is 47.8. The molecule has 0 spiro atoms. The number of hydrogen-bond donors (Lipinski definition) is 1. The molecule has 3 heterocycles. The Bertz CT molecular complexity index is 1000. The molecule has 2 aliphatic rings. The highest BCUT2D eigenvalue weighted by atomic mass is 16.2. The first kappa shape index (κ1) is 19.9. The normalized spacial score (nSPS) is 20.1. The van der Waals surface area contributed by atoms with Crippen LogP contribution in [0.4, 0.5) is 17.2 Å². The summed E-state index contributed by atoms with van der Waals surface area (Å²) in [6.45, 7) is 2.12. The van der Waals surface area contributed by atoms with Crippen LogP contribution in [0, 0.1) is 0 Å². The topological polar surface area (TPSA) is 85.9 Å². The molecule has 30 heavy (non-hydrogen) atoms. The average Bonchev–Trinajstić information content (AvgIpc) is 3.03. The lowest BCUT2D eigenvalue weighted by molar-refractivity contribution is -0.117. The molecule has 156 valence electrons. The first-order valence-electron chi connectivity index (χ1n) is 9.98. The average molecular weight is 407 g/mol. The van der Waals surface area contributed by atoms with Crippen molar-refractivity contribution in [3.05, 3.63) is 48.2 Å². The summed E-state index contributed by atoms with van der Waals surface area (Å²) in [5.74, 6) is 0.438. The SMILES string of the molecule is CN(C)c1ccc(NC(=O)CCN2C(=O)c3ccccc3N3C(=O)CCC23C)cn1. The van der Waals surface area contributed by atoms with Crippen LogP contribution in [0.2, 0.25) is 0 Å². The van der Waals surface area contributed by atoms with Gasteiger partial charge in [-0.2, -0.15) is 0 Å². The van der Waals surface area contributed by atoms with Gasteiger partial charge in [0.25, 0.3) is 5.91 Å². The molecule has 8 heteroatoms. The summed E-state index contributed by atoms with van der Waals surface area (Å²) in [6.07, 6.45) is 2.66. The summed E-state index contributed by atoms with van der Waals surface area (Å²) < 4.78 is 0. The van der Waals surface area contributed by atoms with Crippen LogP contribution in [0.3, 0.4) is 0 Å². The van der Waals surface area contributed by atoms with Crippen molar-refractivity contribution in [3.8, 4) is 0 Å². The molecule has 1 fully saturated rings. The summed E-state index contributed by atoms with van der Waals surface area (Å²) in [6, 6.07) is 10.8. The predicted octanol–water partition coefficient (Wildman–Crippen LogP) is 2.48. The van der Waals surface area contributed by atoms with E-state index >= 15 is 0 Å². The van der Waals surface area contributed by atoms with Gasteiger partial charge in [-0.3, -0.25) is 19.3 Å². The molecule has 1 aromatic heterocycles. The third-order valence-electron chi connectivity index (χ3n) is 5.80. The molecule has 8 nitrogen and oxygen atoms in total. The van der Waals surface area contributed by atoms with Crippen LogP contribution in [0.25, 0.3) is 0 Å². The van der Waals surface area contributed by atoms with E-state index in [2.05, 4.69) is 10.3 Å². The highest BCUT2D eigenvalue weighted by molar-refractivity contribution is 6.10. The molecule has 1 atom stereocenters. The van der Waals surface area contributed by atoms with E-state index in [1.807, 2.05) is 44.1 Å². The first-order chi connectivity index (χ1) is 14.3. The van der Waals surface area contributed by atoms with Crippen molar-refractivity contribution in [3.63, 3.8) is 0 Å². The van der Waals surface area contributed by atoms with Crippen molar-refractivity contribution in [2.24, 2.45) is 0 Å². The molecule has 3 amide bonds. The summed E-state index contributed by atoms with van der Waals surface area (Å²) in [5.41, 5.74) is 0.997. The first-order valence-corrected chi connectivity index (χ1v) is 9.98. The molecule has 0 bridgehead atoms. The Morgan fingerprint density at radius 2 is 1.97 bits per heavy atom. The van der Waals surface area contributed by atoms with E-state index in [-0.39, 0.29) is 30.7 Å². The molecule has 4 rings (SSSR count).